The number of hydrogen-bond acceptors (Lipinski definition) is 6. The fraction of sp³-hybridized carbons (Fsp3) is 0.500. The molecule has 0 amide bonds. The van der Waals surface area contributed by atoms with Crippen molar-refractivity contribution in [2.75, 3.05) is 32.0 Å². The molecule has 0 saturated carbocycles. The van der Waals surface area contributed by atoms with E-state index in [1.165, 1.54) is 29.7 Å². The average Bonchev–Trinajstić information content (AvgIpc) is 2.98. The van der Waals surface area contributed by atoms with Gasteiger partial charge in [0.25, 0.3) is 0 Å². The summed E-state index contributed by atoms with van der Waals surface area (Å²) < 4.78 is 5.54. The summed E-state index contributed by atoms with van der Waals surface area (Å²) in [7, 11) is 0. The molecule has 0 bridgehead atoms. The molecule has 1 aliphatic heterocycles. The van der Waals surface area contributed by atoms with E-state index in [-0.39, 0.29) is 12.0 Å². The van der Waals surface area contributed by atoms with Gasteiger partial charge in [0.1, 0.15) is 12.4 Å². The normalized spacial score (nSPS) is 22.5. The van der Waals surface area contributed by atoms with Gasteiger partial charge in [-0.1, -0.05) is 12.1 Å². The standard InChI is InChI=1S/C20H26N4O2/c21-19-22-12-16-5-7-20(18(16)23-19)6-2-8-24(14-20)13-15-3-1-4-17(11-15)26-10-9-25/h1,3-4,11-12,25H,2,5-10,13-14H2,(H2,21,22,23). The van der Waals surface area contributed by atoms with Crippen molar-refractivity contribution < 1.29 is 9.84 Å². The van der Waals surface area contributed by atoms with Crippen molar-refractivity contribution in [3.8, 4) is 5.75 Å². The Labute approximate surface area is 154 Å². The number of nitrogens with two attached hydrogens (primary N) is 1. The highest BCUT2D eigenvalue weighted by atomic mass is 16.5. The Morgan fingerprint density at radius 2 is 2.23 bits per heavy atom. The number of aliphatic hydroxyl groups excluding tert-OH is 1. The first-order chi connectivity index (χ1) is 12.7. The van der Waals surface area contributed by atoms with Crippen molar-refractivity contribution in [3.05, 3.63) is 47.3 Å². The number of ether oxygens (including phenoxy) is 1. The average molecular weight is 354 g/mol. The predicted molar refractivity (Wildman–Crippen MR) is 100.0 cm³/mol. The zero-order valence-electron chi connectivity index (χ0n) is 15.0. The summed E-state index contributed by atoms with van der Waals surface area (Å²) in [5.74, 6) is 1.20. The minimum atomic E-state index is 0.0310. The van der Waals surface area contributed by atoms with Crippen LogP contribution in [0.3, 0.4) is 0 Å². The number of likely N-dealkylation sites (tertiary alicyclic amines) is 1. The van der Waals surface area contributed by atoms with Crippen LogP contribution in [0.2, 0.25) is 0 Å². The van der Waals surface area contributed by atoms with E-state index in [0.29, 0.717) is 12.6 Å². The second kappa shape index (κ2) is 7.21. The largest absolute Gasteiger partial charge is 0.491 e. The molecule has 6 heteroatoms. The van der Waals surface area contributed by atoms with E-state index in [1.54, 1.807) is 0 Å². The SMILES string of the molecule is Nc1ncc2c(n1)C1(CCCN(Cc3cccc(OCCO)c3)C1)CC2. The van der Waals surface area contributed by atoms with Gasteiger partial charge < -0.3 is 15.6 Å². The van der Waals surface area contributed by atoms with Crippen LogP contribution in [0.15, 0.2) is 30.5 Å². The van der Waals surface area contributed by atoms with Gasteiger partial charge in [-0.05, 0) is 55.5 Å². The number of hydrogen-bond donors (Lipinski definition) is 2. The molecule has 2 aromatic rings. The summed E-state index contributed by atoms with van der Waals surface area (Å²) in [5, 5.41) is 8.92. The third kappa shape index (κ3) is 3.39. The molecular formula is C20H26N4O2. The Hall–Kier alpha value is -2.18. The third-order valence-corrected chi connectivity index (χ3v) is 5.58. The van der Waals surface area contributed by atoms with E-state index in [4.69, 9.17) is 15.6 Å². The Bertz CT molecular complexity index is 778. The predicted octanol–water partition coefficient (Wildman–Crippen LogP) is 1.91. The molecule has 2 aliphatic rings. The Kier molecular flexibility index (Phi) is 4.78. The van der Waals surface area contributed by atoms with Crippen LogP contribution in [-0.2, 0) is 18.4 Å². The molecule has 2 heterocycles. The van der Waals surface area contributed by atoms with Crippen molar-refractivity contribution in [3.63, 3.8) is 0 Å². The van der Waals surface area contributed by atoms with E-state index < -0.39 is 0 Å². The zero-order valence-corrected chi connectivity index (χ0v) is 15.0. The third-order valence-electron chi connectivity index (χ3n) is 5.58. The minimum absolute atomic E-state index is 0.0310. The number of benzene rings is 1. The van der Waals surface area contributed by atoms with Crippen LogP contribution in [-0.4, -0.2) is 46.3 Å². The second-order valence-corrected chi connectivity index (χ2v) is 7.42. The molecule has 1 aliphatic carbocycles. The van der Waals surface area contributed by atoms with Gasteiger partial charge in [0, 0.05) is 24.7 Å². The zero-order chi connectivity index (χ0) is 18.0. The maximum Gasteiger partial charge on any atom is 0.220 e. The van der Waals surface area contributed by atoms with Crippen LogP contribution < -0.4 is 10.5 Å². The van der Waals surface area contributed by atoms with Gasteiger partial charge in [0.2, 0.25) is 5.95 Å². The molecule has 3 N–H and O–H groups in total. The summed E-state index contributed by atoms with van der Waals surface area (Å²) in [6.45, 7) is 3.36. The maximum atomic E-state index is 8.92. The van der Waals surface area contributed by atoms with E-state index in [0.717, 1.165) is 38.2 Å². The van der Waals surface area contributed by atoms with Crippen molar-refractivity contribution in [1.29, 1.82) is 0 Å². The van der Waals surface area contributed by atoms with Gasteiger partial charge in [-0.3, -0.25) is 4.90 Å². The second-order valence-electron chi connectivity index (χ2n) is 7.42. The van der Waals surface area contributed by atoms with Gasteiger partial charge in [-0.25, -0.2) is 9.97 Å². The van der Waals surface area contributed by atoms with Crippen LogP contribution in [0.5, 0.6) is 5.75 Å². The molecule has 1 fully saturated rings. The first-order valence-electron chi connectivity index (χ1n) is 9.35. The monoisotopic (exact) mass is 354 g/mol. The lowest BCUT2D eigenvalue weighted by Crippen LogP contribution is -2.45. The highest BCUT2D eigenvalue weighted by molar-refractivity contribution is 5.37. The van der Waals surface area contributed by atoms with E-state index in [2.05, 4.69) is 27.0 Å². The Morgan fingerprint density at radius 3 is 3.12 bits per heavy atom. The molecule has 26 heavy (non-hydrogen) atoms. The number of fused-ring (bicyclic) bond motifs is 2. The van der Waals surface area contributed by atoms with Crippen LogP contribution in [0.25, 0.3) is 0 Å². The molecule has 1 aromatic carbocycles. The Morgan fingerprint density at radius 1 is 1.31 bits per heavy atom. The minimum Gasteiger partial charge on any atom is -0.491 e. The molecule has 1 atom stereocenters. The molecule has 6 nitrogen and oxygen atoms in total. The fourth-order valence-electron chi connectivity index (χ4n) is 4.47. The molecule has 1 spiro atoms. The number of aromatic nitrogens is 2. The first-order valence-corrected chi connectivity index (χ1v) is 9.35. The topological polar surface area (TPSA) is 84.5 Å². The quantitative estimate of drug-likeness (QED) is 0.853. The molecule has 0 radical (unpaired) electrons. The molecule has 138 valence electrons. The maximum absolute atomic E-state index is 8.92. The number of aliphatic hydroxyl groups is 1. The number of rotatable bonds is 5. The number of anilines is 1. The van der Waals surface area contributed by atoms with Crippen molar-refractivity contribution >= 4 is 5.95 Å². The fourth-order valence-corrected chi connectivity index (χ4v) is 4.47. The molecular weight excluding hydrogens is 328 g/mol. The summed E-state index contributed by atoms with van der Waals surface area (Å²) in [4.78, 5) is 11.3. The lowest BCUT2D eigenvalue weighted by atomic mass is 9.77. The van der Waals surface area contributed by atoms with Crippen molar-refractivity contribution in [2.45, 2.75) is 37.6 Å². The molecule has 1 unspecified atom stereocenters. The summed E-state index contributed by atoms with van der Waals surface area (Å²) in [6.07, 6.45) is 6.44. The Balaban J connectivity index is 1.49. The van der Waals surface area contributed by atoms with Crippen molar-refractivity contribution in [2.24, 2.45) is 0 Å². The smallest absolute Gasteiger partial charge is 0.220 e. The van der Waals surface area contributed by atoms with E-state index >= 15 is 0 Å². The lowest BCUT2D eigenvalue weighted by molar-refractivity contribution is 0.136. The lowest BCUT2D eigenvalue weighted by Gasteiger charge is -2.40. The highest BCUT2D eigenvalue weighted by Crippen LogP contribution is 2.44. The van der Waals surface area contributed by atoms with Crippen LogP contribution in [0.4, 0.5) is 5.95 Å². The van der Waals surface area contributed by atoms with E-state index in [1.807, 2.05) is 18.3 Å². The van der Waals surface area contributed by atoms with Crippen LogP contribution >= 0.6 is 0 Å². The van der Waals surface area contributed by atoms with Gasteiger partial charge in [-0.15, -0.1) is 0 Å². The van der Waals surface area contributed by atoms with Crippen LogP contribution in [0.1, 0.15) is 36.1 Å². The number of piperidine rings is 1. The van der Waals surface area contributed by atoms with Crippen molar-refractivity contribution in [1.82, 2.24) is 14.9 Å². The number of aryl methyl sites for hydroxylation is 1. The van der Waals surface area contributed by atoms with Crippen LogP contribution in [0, 0.1) is 0 Å². The highest BCUT2D eigenvalue weighted by Gasteiger charge is 2.43. The summed E-state index contributed by atoms with van der Waals surface area (Å²) >= 11 is 0. The summed E-state index contributed by atoms with van der Waals surface area (Å²) in [5.41, 5.74) is 9.66. The molecule has 4 rings (SSSR count). The summed E-state index contributed by atoms with van der Waals surface area (Å²) in [6, 6.07) is 8.15. The van der Waals surface area contributed by atoms with Gasteiger partial charge in [0.15, 0.2) is 0 Å². The van der Waals surface area contributed by atoms with Gasteiger partial charge in [0.05, 0.1) is 12.3 Å². The number of nitrogen functional groups attached to an aromatic ring is 1. The van der Waals surface area contributed by atoms with E-state index in [9.17, 15) is 0 Å². The number of nitrogens with zero attached hydrogens (tertiary/aromatic N) is 3. The van der Waals surface area contributed by atoms with Gasteiger partial charge >= 0.3 is 0 Å². The first kappa shape index (κ1) is 17.2. The molecule has 1 aromatic heterocycles. The molecule has 1 saturated heterocycles. The van der Waals surface area contributed by atoms with Gasteiger partial charge in [-0.2, -0.15) is 0 Å².